The number of halogens is 3. The summed E-state index contributed by atoms with van der Waals surface area (Å²) < 4.78 is 35.7. The average Bonchev–Trinajstić information content (AvgIpc) is 2.28. The molecule has 0 bridgehead atoms. The van der Waals surface area contributed by atoms with Crippen LogP contribution in [0.25, 0.3) is 0 Å². The lowest BCUT2D eigenvalue weighted by Crippen LogP contribution is -2.39. The molecule has 0 aromatic heterocycles. The third-order valence-corrected chi connectivity index (χ3v) is 2.40. The van der Waals surface area contributed by atoms with Crippen molar-refractivity contribution in [1.82, 2.24) is 10.2 Å². The summed E-state index contributed by atoms with van der Waals surface area (Å²) in [6, 6.07) is 0. The van der Waals surface area contributed by atoms with Gasteiger partial charge in [-0.1, -0.05) is 13.3 Å². The standard InChI is InChI=1S/C11H20F3N3O2/c1-2-3-6-17(8-9(15)18)7-4-5-16-10(19)11(12,13)14/h2-8H2,1H3,(H2,15,18)(H,16,19). The number of rotatable bonds is 9. The highest BCUT2D eigenvalue weighted by Crippen LogP contribution is 2.13. The van der Waals surface area contributed by atoms with Gasteiger partial charge in [-0.25, -0.2) is 0 Å². The molecule has 0 aliphatic rings. The highest BCUT2D eigenvalue weighted by molar-refractivity contribution is 5.81. The summed E-state index contributed by atoms with van der Waals surface area (Å²) in [5.41, 5.74) is 5.08. The molecule has 0 atom stereocenters. The second-order valence-electron chi connectivity index (χ2n) is 4.20. The maximum absolute atomic E-state index is 11.9. The highest BCUT2D eigenvalue weighted by atomic mass is 19.4. The second kappa shape index (κ2) is 8.73. The molecular formula is C11H20F3N3O2. The topological polar surface area (TPSA) is 75.4 Å². The van der Waals surface area contributed by atoms with Gasteiger partial charge in [-0.2, -0.15) is 13.2 Å². The molecule has 0 aromatic rings. The number of carbonyl (C=O) groups excluding carboxylic acids is 2. The normalized spacial score (nSPS) is 11.6. The van der Waals surface area contributed by atoms with Gasteiger partial charge in [0.05, 0.1) is 6.54 Å². The zero-order valence-corrected chi connectivity index (χ0v) is 10.9. The Balaban J connectivity index is 3.92. The van der Waals surface area contributed by atoms with E-state index in [0.29, 0.717) is 19.5 Å². The molecule has 0 aliphatic carbocycles. The summed E-state index contributed by atoms with van der Waals surface area (Å²) in [7, 11) is 0. The SMILES string of the molecule is CCCCN(CCCNC(=O)C(F)(F)F)CC(N)=O. The maximum atomic E-state index is 11.9. The van der Waals surface area contributed by atoms with Gasteiger partial charge in [0, 0.05) is 13.1 Å². The smallest absolute Gasteiger partial charge is 0.369 e. The number of hydrogen-bond acceptors (Lipinski definition) is 3. The number of nitrogens with two attached hydrogens (primary N) is 1. The lowest BCUT2D eigenvalue weighted by Gasteiger charge is -2.20. The van der Waals surface area contributed by atoms with Crippen LogP contribution in [0.1, 0.15) is 26.2 Å². The Morgan fingerprint density at radius 3 is 2.26 bits per heavy atom. The molecule has 0 unspecified atom stereocenters. The van der Waals surface area contributed by atoms with Crippen LogP contribution in [0, 0.1) is 0 Å². The van der Waals surface area contributed by atoms with Crippen molar-refractivity contribution < 1.29 is 22.8 Å². The van der Waals surface area contributed by atoms with E-state index in [9.17, 15) is 22.8 Å². The zero-order valence-electron chi connectivity index (χ0n) is 10.9. The van der Waals surface area contributed by atoms with E-state index in [1.807, 2.05) is 6.92 Å². The minimum Gasteiger partial charge on any atom is -0.369 e. The Bertz CT molecular complexity index is 295. The molecule has 0 fully saturated rings. The van der Waals surface area contributed by atoms with Crippen LogP contribution in [0.2, 0.25) is 0 Å². The molecule has 0 saturated heterocycles. The molecular weight excluding hydrogens is 263 g/mol. The van der Waals surface area contributed by atoms with Crippen LogP contribution in [-0.4, -0.2) is 49.1 Å². The first-order chi connectivity index (χ1) is 8.77. The van der Waals surface area contributed by atoms with Gasteiger partial charge in [-0.15, -0.1) is 0 Å². The van der Waals surface area contributed by atoms with Crippen molar-refractivity contribution in [1.29, 1.82) is 0 Å². The third kappa shape index (κ3) is 9.29. The molecule has 112 valence electrons. The molecule has 5 nitrogen and oxygen atoms in total. The summed E-state index contributed by atoms with van der Waals surface area (Å²) in [5.74, 6) is -2.42. The molecule has 0 rings (SSSR count). The van der Waals surface area contributed by atoms with Gasteiger partial charge in [-0.05, 0) is 19.4 Å². The average molecular weight is 283 g/mol. The first-order valence-corrected chi connectivity index (χ1v) is 6.13. The number of unbranched alkanes of at least 4 members (excludes halogenated alkanes) is 1. The van der Waals surface area contributed by atoms with Crippen LogP contribution in [-0.2, 0) is 9.59 Å². The zero-order chi connectivity index (χ0) is 14.9. The van der Waals surface area contributed by atoms with Crippen LogP contribution in [0.3, 0.4) is 0 Å². The van der Waals surface area contributed by atoms with E-state index >= 15 is 0 Å². The maximum Gasteiger partial charge on any atom is 0.471 e. The lowest BCUT2D eigenvalue weighted by molar-refractivity contribution is -0.173. The van der Waals surface area contributed by atoms with Gasteiger partial charge in [0.15, 0.2) is 0 Å². The van der Waals surface area contributed by atoms with Gasteiger partial charge in [0.25, 0.3) is 0 Å². The molecule has 0 spiro atoms. The van der Waals surface area contributed by atoms with Gasteiger partial charge in [0.2, 0.25) is 5.91 Å². The minimum atomic E-state index is -4.85. The van der Waals surface area contributed by atoms with Crippen molar-refractivity contribution in [2.45, 2.75) is 32.4 Å². The Labute approximate surface area is 110 Å². The van der Waals surface area contributed by atoms with Crippen molar-refractivity contribution in [2.75, 3.05) is 26.2 Å². The summed E-state index contributed by atoms with van der Waals surface area (Å²) in [4.78, 5) is 23.1. The minimum absolute atomic E-state index is 0.0766. The molecule has 0 aromatic carbocycles. The number of alkyl halides is 3. The Hall–Kier alpha value is -1.31. The Morgan fingerprint density at radius 2 is 1.79 bits per heavy atom. The van der Waals surface area contributed by atoms with Crippen LogP contribution in [0.15, 0.2) is 0 Å². The number of carbonyl (C=O) groups is 2. The van der Waals surface area contributed by atoms with Gasteiger partial charge in [-0.3, -0.25) is 14.5 Å². The highest BCUT2D eigenvalue weighted by Gasteiger charge is 2.38. The Morgan fingerprint density at radius 1 is 1.21 bits per heavy atom. The van der Waals surface area contributed by atoms with Crippen molar-refractivity contribution in [2.24, 2.45) is 5.73 Å². The fraction of sp³-hybridized carbons (Fsp3) is 0.818. The number of nitrogens with one attached hydrogen (secondary N) is 1. The van der Waals surface area contributed by atoms with Crippen molar-refractivity contribution in [3.05, 3.63) is 0 Å². The largest absolute Gasteiger partial charge is 0.471 e. The molecule has 0 aliphatic heterocycles. The molecule has 0 heterocycles. The van der Waals surface area contributed by atoms with Crippen LogP contribution < -0.4 is 11.1 Å². The van der Waals surface area contributed by atoms with E-state index in [1.165, 1.54) is 0 Å². The molecule has 2 amide bonds. The fourth-order valence-electron chi connectivity index (χ4n) is 1.48. The van der Waals surface area contributed by atoms with Crippen LogP contribution in [0.4, 0.5) is 13.2 Å². The molecule has 0 saturated carbocycles. The fourth-order valence-corrected chi connectivity index (χ4v) is 1.48. The molecule has 0 radical (unpaired) electrons. The van der Waals surface area contributed by atoms with Gasteiger partial charge in [0.1, 0.15) is 0 Å². The number of nitrogens with zero attached hydrogens (tertiary/aromatic N) is 1. The quantitative estimate of drug-likeness (QED) is 0.610. The van der Waals surface area contributed by atoms with E-state index in [2.05, 4.69) is 0 Å². The van der Waals surface area contributed by atoms with Gasteiger partial charge >= 0.3 is 12.1 Å². The van der Waals surface area contributed by atoms with Crippen LogP contribution in [0.5, 0.6) is 0 Å². The van der Waals surface area contributed by atoms with Crippen molar-refractivity contribution >= 4 is 11.8 Å². The van der Waals surface area contributed by atoms with E-state index in [1.54, 1.807) is 10.2 Å². The summed E-state index contributed by atoms with van der Waals surface area (Å²) in [6.07, 6.45) is -2.70. The summed E-state index contributed by atoms with van der Waals surface area (Å²) >= 11 is 0. The van der Waals surface area contributed by atoms with Crippen LogP contribution >= 0.6 is 0 Å². The monoisotopic (exact) mass is 283 g/mol. The summed E-state index contributed by atoms with van der Waals surface area (Å²) in [5, 5.41) is 1.78. The van der Waals surface area contributed by atoms with E-state index < -0.39 is 18.0 Å². The summed E-state index contributed by atoms with van der Waals surface area (Å²) in [6.45, 7) is 3.06. The number of primary amides is 1. The number of amides is 2. The number of hydrogen-bond donors (Lipinski definition) is 2. The van der Waals surface area contributed by atoms with E-state index in [4.69, 9.17) is 5.73 Å². The van der Waals surface area contributed by atoms with Crippen molar-refractivity contribution in [3.63, 3.8) is 0 Å². The lowest BCUT2D eigenvalue weighted by atomic mass is 10.3. The first-order valence-electron chi connectivity index (χ1n) is 6.13. The molecule has 8 heteroatoms. The molecule has 19 heavy (non-hydrogen) atoms. The predicted octanol–water partition coefficient (Wildman–Crippen LogP) is 0.642. The first kappa shape index (κ1) is 17.7. The molecule has 3 N–H and O–H groups in total. The predicted molar refractivity (Wildman–Crippen MR) is 64.2 cm³/mol. The van der Waals surface area contributed by atoms with E-state index in [-0.39, 0.29) is 13.1 Å². The van der Waals surface area contributed by atoms with Gasteiger partial charge < -0.3 is 11.1 Å². The van der Waals surface area contributed by atoms with Crippen molar-refractivity contribution in [3.8, 4) is 0 Å². The third-order valence-electron chi connectivity index (χ3n) is 2.40. The Kier molecular flexibility index (Phi) is 8.13. The van der Waals surface area contributed by atoms with E-state index in [0.717, 1.165) is 12.8 Å². The second-order valence-corrected chi connectivity index (χ2v) is 4.20.